The highest BCUT2D eigenvalue weighted by molar-refractivity contribution is 6.13. The molecule has 22 heavy (non-hydrogen) atoms. The lowest BCUT2D eigenvalue weighted by Crippen LogP contribution is -2.29. The molecule has 0 saturated heterocycles. The third-order valence-corrected chi connectivity index (χ3v) is 3.07. The summed E-state index contributed by atoms with van der Waals surface area (Å²) in [6, 6.07) is 8.44. The number of nitrogens with one attached hydrogen (secondary N) is 1. The molecule has 0 aliphatic heterocycles. The molecule has 2 rings (SSSR count). The summed E-state index contributed by atoms with van der Waals surface area (Å²) < 4.78 is 13.0. The number of nitrogens with zero attached hydrogens (tertiary/aromatic N) is 1. The Balaban J connectivity index is 2.34. The lowest BCUT2D eigenvalue weighted by Gasteiger charge is -2.18. The Kier molecular flexibility index (Phi) is 4.35. The largest absolute Gasteiger partial charge is 0.310 e. The first kappa shape index (κ1) is 15.8. The molecule has 2 aromatic rings. The van der Waals surface area contributed by atoms with Crippen LogP contribution in [0.4, 0.5) is 10.2 Å². The fraction of sp³-hybridized carbons (Fsp3) is 0.235. The Labute approximate surface area is 128 Å². The number of anilines is 1. The third kappa shape index (κ3) is 3.55. The smallest absolute Gasteiger partial charge is 0.230 e. The first-order chi connectivity index (χ1) is 10.3. The third-order valence-electron chi connectivity index (χ3n) is 3.07. The summed E-state index contributed by atoms with van der Waals surface area (Å²) in [5.41, 5.74) is 0.000585. The number of hydrogen-bond acceptors (Lipinski definition) is 3. The Morgan fingerprint density at radius 1 is 1.09 bits per heavy atom. The van der Waals surface area contributed by atoms with Gasteiger partial charge in [-0.25, -0.2) is 9.37 Å². The van der Waals surface area contributed by atoms with Crippen molar-refractivity contribution in [1.29, 1.82) is 0 Å². The number of hydrogen-bond donors (Lipinski definition) is 1. The summed E-state index contributed by atoms with van der Waals surface area (Å²) in [7, 11) is 0. The summed E-state index contributed by atoms with van der Waals surface area (Å²) in [5, 5.41) is 2.67. The van der Waals surface area contributed by atoms with Crippen molar-refractivity contribution in [2.24, 2.45) is 5.41 Å². The number of carbonyl (C=O) groups is 2. The predicted octanol–water partition coefficient (Wildman–Crippen LogP) is 3.44. The first-order valence-electron chi connectivity index (χ1n) is 6.86. The zero-order chi connectivity index (χ0) is 16.3. The molecule has 0 aliphatic carbocycles. The van der Waals surface area contributed by atoms with Crippen LogP contribution in [0.15, 0.2) is 42.6 Å². The number of benzene rings is 1. The van der Waals surface area contributed by atoms with E-state index in [-0.39, 0.29) is 23.1 Å². The van der Waals surface area contributed by atoms with Crippen molar-refractivity contribution >= 4 is 17.5 Å². The molecule has 4 nitrogen and oxygen atoms in total. The van der Waals surface area contributed by atoms with Crippen LogP contribution in [-0.4, -0.2) is 16.7 Å². The number of ketones is 1. The van der Waals surface area contributed by atoms with E-state index in [0.29, 0.717) is 5.56 Å². The van der Waals surface area contributed by atoms with E-state index in [4.69, 9.17) is 0 Å². The van der Waals surface area contributed by atoms with Crippen molar-refractivity contribution in [1.82, 2.24) is 4.98 Å². The second kappa shape index (κ2) is 6.05. The maximum atomic E-state index is 13.0. The Bertz CT molecular complexity index is 703. The van der Waals surface area contributed by atoms with Crippen LogP contribution < -0.4 is 5.32 Å². The fourth-order valence-corrected chi connectivity index (χ4v) is 1.74. The molecule has 0 radical (unpaired) electrons. The maximum Gasteiger partial charge on any atom is 0.230 e. The second-order valence-corrected chi connectivity index (χ2v) is 5.94. The monoisotopic (exact) mass is 300 g/mol. The molecule has 0 saturated carbocycles. The molecule has 5 heteroatoms. The van der Waals surface area contributed by atoms with Crippen LogP contribution in [-0.2, 0) is 4.79 Å². The van der Waals surface area contributed by atoms with Gasteiger partial charge in [0.25, 0.3) is 0 Å². The lowest BCUT2D eigenvalue weighted by atomic mass is 9.95. The molecule has 1 aromatic heterocycles. The zero-order valence-corrected chi connectivity index (χ0v) is 12.7. The van der Waals surface area contributed by atoms with E-state index in [1.165, 1.54) is 30.5 Å². The molecule has 0 unspecified atom stereocenters. The molecule has 0 atom stereocenters. The van der Waals surface area contributed by atoms with Gasteiger partial charge in [-0.15, -0.1) is 0 Å². The number of carbonyl (C=O) groups excluding carboxylic acids is 2. The molecular formula is C17H17FN2O2. The Morgan fingerprint density at radius 3 is 2.32 bits per heavy atom. The van der Waals surface area contributed by atoms with Crippen LogP contribution in [0.25, 0.3) is 0 Å². The van der Waals surface area contributed by atoms with Crippen molar-refractivity contribution in [2.45, 2.75) is 20.8 Å². The molecule has 0 aliphatic rings. The molecule has 1 heterocycles. The van der Waals surface area contributed by atoms with Crippen LogP contribution >= 0.6 is 0 Å². The SMILES string of the molecule is CC(C)(C)C(=O)Nc1ncccc1C(=O)c1ccc(F)cc1. The van der Waals surface area contributed by atoms with Gasteiger partial charge in [-0.2, -0.15) is 0 Å². The van der Waals surface area contributed by atoms with Gasteiger partial charge in [-0.05, 0) is 36.4 Å². The number of amides is 1. The quantitative estimate of drug-likeness (QED) is 0.883. The number of pyridine rings is 1. The topological polar surface area (TPSA) is 59.1 Å². The molecule has 0 spiro atoms. The van der Waals surface area contributed by atoms with Gasteiger partial charge in [0.05, 0.1) is 5.56 Å². The normalized spacial score (nSPS) is 11.1. The second-order valence-electron chi connectivity index (χ2n) is 5.94. The van der Waals surface area contributed by atoms with E-state index < -0.39 is 11.2 Å². The minimum absolute atomic E-state index is 0.205. The van der Waals surface area contributed by atoms with Crippen LogP contribution in [0.5, 0.6) is 0 Å². The van der Waals surface area contributed by atoms with Crippen LogP contribution in [0.1, 0.15) is 36.7 Å². The lowest BCUT2D eigenvalue weighted by molar-refractivity contribution is -0.123. The summed E-state index contributed by atoms with van der Waals surface area (Å²) in [5.74, 6) is -0.766. The summed E-state index contributed by atoms with van der Waals surface area (Å²) in [6.45, 7) is 5.31. The Morgan fingerprint density at radius 2 is 1.73 bits per heavy atom. The summed E-state index contributed by atoms with van der Waals surface area (Å²) >= 11 is 0. The summed E-state index contributed by atoms with van der Waals surface area (Å²) in [6.07, 6.45) is 1.50. The predicted molar refractivity (Wildman–Crippen MR) is 82.2 cm³/mol. The summed E-state index contributed by atoms with van der Waals surface area (Å²) in [4.78, 5) is 28.6. The van der Waals surface area contributed by atoms with Gasteiger partial charge in [0, 0.05) is 17.2 Å². The van der Waals surface area contributed by atoms with E-state index in [1.807, 2.05) is 0 Å². The van der Waals surface area contributed by atoms with Gasteiger partial charge in [0.1, 0.15) is 11.6 Å². The van der Waals surface area contributed by atoms with Gasteiger partial charge in [-0.3, -0.25) is 9.59 Å². The highest BCUT2D eigenvalue weighted by atomic mass is 19.1. The number of aromatic nitrogens is 1. The van der Waals surface area contributed by atoms with Gasteiger partial charge in [0.15, 0.2) is 5.78 Å². The van der Waals surface area contributed by atoms with E-state index in [2.05, 4.69) is 10.3 Å². The van der Waals surface area contributed by atoms with Crippen molar-refractivity contribution in [3.05, 3.63) is 59.5 Å². The van der Waals surface area contributed by atoms with Crippen LogP contribution in [0.2, 0.25) is 0 Å². The molecular weight excluding hydrogens is 283 g/mol. The van der Waals surface area contributed by atoms with Crippen LogP contribution in [0, 0.1) is 11.2 Å². The van der Waals surface area contributed by atoms with Gasteiger partial charge >= 0.3 is 0 Å². The molecule has 114 valence electrons. The number of halogens is 1. The average Bonchev–Trinajstić information content (AvgIpc) is 2.47. The molecule has 1 N–H and O–H groups in total. The van der Waals surface area contributed by atoms with Crippen molar-refractivity contribution in [3.8, 4) is 0 Å². The minimum Gasteiger partial charge on any atom is -0.310 e. The van der Waals surface area contributed by atoms with E-state index in [0.717, 1.165) is 0 Å². The van der Waals surface area contributed by atoms with Crippen molar-refractivity contribution in [2.75, 3.05) is 5.32 Å². The van der Waals surface area contributed by atoms with E-state index >= 15 is 0 Å². The molecule has 0 bridgehead atoms. The van der Waals surface area contributed by atoms with Gasteiger partial charge in [-0.1, -0.05) is 20.8 Å². The fourth-order valence-electron chi connectivity index (χ4n) is 1.74. The molecule has 1 aromatic carbocycles. The Hall–Kier alpha value is -2.56. The molecule has 0 fully saturated rings. The number of rotatable bonds is 3. The zero-order valence-electron chi connectivity index (χ0n) is 12.7. The van der Waals surface area contributed by atoms with Crippen LogP contribution in [0.3, 0.4) is 0 Å². The van der Waals surface area contributed by atoms with Gasteiger partial charge < -0.3 is 5.32 Å². The van der Waals surface area contributed by atoms with Gasteiger partial charge in [0.2, 0.25) is 5.91 Å². The minimum atomic E-state index is -0.603. The van der Waals surface area contributed by atoms with Crippen molar-refractivity contribution in [3.63, 3.8) is 0 Å². The van der Waals surface area contributed by atoms with E-state index in [9.17, 15) is 14.0 Å². The highest BCUT2D eigenvalue weighted by Crippen LogP contribution is 2.21. The van der Waals surface area contributed by atoms with Crippen molar-refractivity contribution < 1.29 is 14.0 Å². The average molecular weight is 300 g/mol. The standard InChI is InChI=1S/C17H17FN2O2/c1-17(2,3)16(22)20-15-13(5-4-10-19-15)14(21)11-6-8-12(18)9-7-11/h4-10H,1-3H3,(H,19,20,22). The van der Waals surface area contributed by atoms with E-state index in [1.54, 1.807) is 32.9 Å². The molecule has 1 amide bonds. The first-order valence-corrected chi connectivity index (χ1v) is 6.86. The highest BCUT2D eigenvalue weighted by Gasteiger charge is 2.24. The maximum absolute atomic E-state index is 13.0.